The number of aromatic nitrogens is 2. The van der Waals surface area contributed by atoms with Gasteiger partial charge in [-0.2, -0.15) is 0 Å². The molecule has 2 aromatic carbocycles. The molecule has 0 fully saturated rings. The van der Waals surface area contributed by atoms with E-state index in [1.807, 2.05) is 12.1 Å². The van der Waals surface area contributed by atoms with Crippen LogP contribution < -0.4 is 10.9 Å². The summed E-state index contributed by atoms with van der Waals surface area (Å²) >= 11 is 5.84. The van der Waals surface area contributed by atoms with E-state index in [2.05, 4.69) is 15.5 Å². The maximum absolute atomic E-state index is 12.1. The summed E-state index contributed by atoms with van der Waals surface area (Å²) in [5.41, 5.74) is 0.922. The summed E-state index contributed by atoms with van der Waals surface area (Å²) in [5.74, 6) is 0.0889. The normalized spacial score (nSPS) is 10.9. The Morgan fingerprint density at radius 3 is 2.58 bits per heavy atom. The van der Waals surface area contributed by atoms with Gasteiger partial charge in [0.25, 0.3) is 5.89 Å². The Kier molecular flexibility index (Phi) is 3.51. The molecule has 0 aliphatic rings. The lowest BCUT2D eigenvalue weighted by atomic mass is 10.2. The van der Waals surface area contributed by atoms with Crippen LogP contribution >= 0.6 is 11.6 Å². The second-order valence-corrected chi connectivity index (χ2v) is 5.47. The average Bonchev–Trinajstić information content (AvgIpc) is 3.04. The average molecular weight is 340 g/mol. The maximum atomic E-state index is 12.1. The highest BCUT2D eigenvalue weighted by Crippen LogP contribution is 2.23. The van der Waals surface area contributed by atoms with E-state index in [0.717, 1.165) is 11.1 Å². The lowest BCUT2D eigenvalue weighted by Gasteiger charge is -2.00. The highest BCUT2D eigenvalue weighted by atomic mass is 35.5. The van der Waals surface area contributed by atoms with Crippen molar-refractivity contribution in [2.24, 2.45) is 0 Å². The SMILES string of the molecule is O=c1oc2ccccc2cc1-c1nnc(Nc2ccc(Cl)cc2)o1. The Morgan fingerprint density at radius 1 is 0.958 bits per heavy atom. The number of nitrogens with zero attached hydrogens (tertiary/aromatic N) is 2. The van der Waals surface area contributed by atoms with Crippen LogP contribution in [0.15, 0.2) is 68.2 Å². The lowest BCUT2D eigenvalue weighted by Crippen LogP contribution is -2.02. The third kappa shape index (κ3) is 2.75. The molecule has 2 heterocycles. The first-order chi connectivity index (χ1) is 11.7. The standard InChI is InChI=1S/C17H10ClN3O3/c18-11-5-7-12(8-6-11)19-17-21-20-15(24-17)13-9-10-3-1-2-4-14(10)23-16(13)22/h1-9H,(H,19,21). The third-order valence-electron chi connectivity index (χ3n) is 3.39. The van der Waals surface area contributed by atoms with Crippen LogP contribution in [0, 0.1) is 0 Å². The van der Waals surface area contributed by atoms with E-state index in [1.165, 1.54) is 0 Å². The first-order valence-corrected chi connectivity index (χ1v) is 7.46. The number of halogens is 1. The molecule has 6 nitrogen and oxygen atoms in total. The summed E-state index contributed by atoms with van der Waals surface area (Å²) in [6.07, 6.45) is 0. The molecule has 2 aromatic heterocycles. The van der Waals surface area contributed by atoms with Crippen LogP contribution in [0.5, 0.6) is 0 Å². The van der Waals surface area contributed by atoms with E-state index in [9.17, 15) is 4.79 Å². The number of hydrogen-bond donors (Lipinski definition) is 1. The van der Waals surface area contributed by atoms with E-state index in [1.54, 1.807) is 42.5 Å². The van der Waals surface area contributed by atoms with Crippen LogP contribution in [0.3, 0.4) is 0 Å². The number of para-hydroxylation sites is 1. The molecule has 7 heteroatoms. The first kappa shape index (κ1) is 14.5. The van der Waals surface area contributed by atoms with Crippen LogP contribution in [0.4, 0.5) is 11.7 Å². The zero-order chi connectivity index (χ0) is 16.5. The van der Waals surface area contributed by atoms with Crippen LogP contribution in [-0.4, -0.2) is 10.2 Å². The topological polar surface area (TPSA) is 81.2 Å². The summed E-state index contributed by atoms with van der Waals surface area (Å²) in [7, 11) is 0. The van der Waals surface area contributed by atoms with Crippen LogP contribution in [-0.2, 0) is 0 Å². The van der Waals surface area contributed by atoms with Gasteiger partial charge < -0.3 is 14.2 Å². The van der Waals surface area contributed by atoms with Crippen LogP contribution in [0.2, 0.25) is 5.02 Å². The fourth-order valence-electron chi connectivity index (χ4n) is 2.25. The van der Waals surface area contributed by atoms with Gasteiger partial charge in [0.05, 0.1) is 0 Å². The molecule has 0 unspecified atom stereocenters. The van der Waals surface area contributed by atoms with Gasteiger partial charge >= 0.3 is 11.6 Å². The van der Waals surface area contributed by atoms with Crippen molar-refractivity contribution < 1.29 is 8.83 Å². The highest BCUT2D eigenvalue weighted by molar-refractivity contribution is 6.30. The molecule has 0 aliphatic carbocycles. The molecule has 118 valence electrons. The van der Waals surface area contributed by atoms with Gasteiger partial charge in [-0.1, -0.05) is 34.9 Å². The fraction of sp³-hybridized carbons (Fsp3) is 0. The second kappa shape index (κ2) is 5.82. The molecular formula is C17H10ClN3O3. The Morgan fingerprint density at radius 2 is 1.75 bits per heavy atom. The van der Waals surface area contributed by atoms with Crippen molar-refractivity contribution in [3.05, 3.63) is 70.0 Å². The minimum Gasteiger partial charge on any atom is -0.422 e. The van der Waals surface area contributed by atoms with Gasteiger partial charge in [-0.15, -0.1) is 5.10 Å². The van der Waals surface area contributed by atoms with Crippen molar-refractivity contribution in [2.75, 3.05) is 5.32 Å². The smallest absolute Gasteiger partial charge is 0.349 e. The monoisotopic (exact) mass is 339 g/mol. The summed E-state index contributed by atoms with van der Waals surface area (Å²) in [5, 5.41) is 12.1. The largest absolute Gasteiger partial charge is 0.422 e. The Labute approximate surface area is 140 Å². The summed E-state index contributed by atoms with van der Waals surface area (Å²) in [6, 6.07) is 16.1. The van der Waals surface area contributed by atoms with Crippen molar-refractivity contribution in [3.63, 3.8) is 0 Å². The predicted molar refractivity (Wildman–Crippen MR) is 90.5 cm³/mol. The van der Waals surface area contributed by atoms with Crippen LogP contribution in [0.1, 0.15) is 0 Å². The van der Waals surface area contributed by atoms with E-state index >= 15 is 0 Å². The Balaban J connectivity index is 1.68. The number of nitrogens with one attached hydrogen (secondary N) is 1. The first-order valence-electron chi connectivity index (χ1n) is 7.08. The molecule has 1 N–H and O–H groups in total. The van der Waals surface area contributed by atoms with Gasteiger partial charge in [-0.3, -0.25) is 0 Å². The van der Waals surface area contributed by atoms with Crippen molar-refractivity contribution in [1.29, 1.82) is 0 Å². The maximum Gasteiger partial charge on any atom is 0.349 e. The molecule has 4 aromatic rings. The molecule has 0 spiro atoms. The van der Waals surface area contributed by atoms with Crippen LogP contribution in [0.25, 0.3) is 22.4 Å². The molecule has 0 radical (unpaired) electrons. The minimum atomic E-state index is -0.532. The van der Waals surface area contributed by atoms with E-state index in [-0.39, 0.29) is 17.5 Å². The van der Waals surface area contributed by atoms with E-state index < -0.39 is 5.63 Å². The molecule has 0 saturated carbocycles. The molecular weight excluding hydrogens is 330 g/mol. The molecule has 0 atom stereocenters. The van der Waals surface area contributed by atoms with Crippen molar-refractivity contribution in [3.8, 4) is 11.5 Å². The quantitative estimate of drug-likeness (QED) is 0.562. The third-order valence-corrected chi connectivity index (χ3v) is 3.64. The van der Waals surface area contributed by atoms with Gasteiger partial charge in [-0.05, 0) is 36.4 Å². The fourth-order valence-corrected chi connectivity index (χ4v) is 2.38. The van der Waals surface area contributed by atoms with E-state index in [4.69, 9.17) is 20.4 Å². The summed E-state index contributed by atoms with van der Waals surface area (Å²) < 4.78 is 10.8. The van der Waals surface area contributed by atoms with Gasteiger partial charge in [0.1, 0.15) is 11.1 Å². The number of rotatable bonds is 3. The summed E-state index contributed by atoms with van der Waals surface area (Å²) in [4.78, 5) is 12.1. The second-order valence-electron chi connectivity index (χ2n) is 5.03. The Bertz CT molecular complexity index is 1070. The molecule has 0 bridgehead atoms. The van der Waals surface area contributed by atoms with Crippen molar-refractivity contribution in [1.82, 2.24) is 10.2 Å². The molecule has 0 aliphatic heterocycles. The lowest BCUT2D eigenvalue weighted by molar-refractivity contribution is 0.548. The summed E-state index contributed by atoms with van der Waals surface area (Å²) in [6.45, 7) is 0. The molecule has 0 saturated heterocycles. The van der Waals surface area contributed by atoms with Gasteiger partial charge in [0.2, 0.25) is 0 Å². The van der Waals surface area contributed by atoms with Gasteiger partial charge in [0, 0.05) is 16.1 Å². The minimum absolute atomic E-state index is 0.0889. The highest BCUT2D eigenvalue weighted by Gasteiger charge is 2.15. The Hall–Kier alpha value is -3.12. The zero-order valence-corrected chi connectivity index (χ0v) is 12.9. The number of benzene rings is 2. The van der Waals surface area contributed by atoms with Crippen molar-refractivity contribution >= 4 is 34.3 Å². The molecule has 24 heavy (non-hydrogen) atoms. The molecule has 0 amide bonds. The number of hydrogen-bond acceptors (Lipinski definition) is 6. The zero-order valence-electron chi connectivity index (χ0n) is 12.2. The van der Waals surface area contributed by atoms with Gasteiger partial charge in [0.15, 0.2) is 0 Å². The van der Waals surface area contributed by atoms with E-state index in [0.29, 0.717) is 10.6 Å². The predicted octanol–water partition coefficient (Wildman–Crippen LogP) is 4.24. The number of fused-ring (bicyclic) bond motifs is 1. The van der Waals surface area contributed by atoms with Gasteiger partial charge in [-0.25, -0.2) is 4.79 Å². The molecule has 4 rings (SSSR count). The number of anilines is 2. The van der Waals surface area contributed by atoms with Crippen molar-refractivity contribution in [2.45, 2.75) is 0 Å².